The second-order valence-electron chi connectivity index (χ2n) is 8.49. The fourth-order valence-corrected chi connectivity index (χ4v) is 4.41. The normalized spacial score (nSPS) is 13.4. The molecule has 0 radical (unpaired) electrons. The molecule has 0 aliphatic heterocycles. The van der Waals surface area contributed by atoms with Crippen molar-refractivity contribution in [2.45, 2.75) is 39.5 Å². The molecule has 0 saturated carbocycles. The van der Waals surface area contributed by atoms with Gasteiger partial charge in [0.25, 0.3) is 0 Å². The number of nitrogens with zero attached hydrogens (tertiary/aromatic N) is 2. The van der Waals surface area contributed by atoms with Gasteiger partial charge in [-0.05, 0) is 34.4 Å². The molecule has 154 valence electrons. The monoisotopic (exact) mass is 406 g/mol. The minimum atomic E-state index is -0.849. The van der Waals surface area contributed by atoms with Gasteiger partial charge in [-0.3, -0.25) is 4.57 Å². The summed E-state index contributed by atoms with van der Waals surface area (Å²) >= 11 is 0. The maximum atomic E-state index is 8.94. The molecule has 4 aromatic carbocycles. The van der Waals surface area contributed by atoms with E-state index in [1.807, 2.05) is 76.2 Å². The van der Waals surface area contributed by atoms with E-state index in [1.54, 1.807) is 0 Å². The van der Waals surface area contributed by atoms with Crippen LogP contribution < -0.4 is 0 Å². The standard InChI is InChI=1S/C29H28N2/c1-19(2)23-15-10-16-24(20(3)4)28(23)31-26-18-17-21-11-8-9-14-25(21)27(26)30-29(31)22-12-6-5-7-13-22/h5-20H,1-4H3/i19D,20D. The van der Waals surface area contributed by atoms with Crippen molar-refractivity contribution >= 4 is 21.8 Å². The molecule has 0 amide bonds. The predicted molar refractivity (Wildman–Crippen MR) is 132 cm³/mol. The highest BCUT2D eigenvalue weighted by Crippen LogP contribution is 2.38. The van der Waals surface area contributed by atoms with Crippen LogP contribution in [0.4, 0.5) is 0 Å². The van der Waals surface area contributed by atoms with Crippen molar-refractivity contribution < 1.29 is 2.74 Å². The average molecular weight is 407 g/mol. The summed E-state index contributed by atoms with van der Waals surface area (Å²) in [5, 5.41) is 2.24. The van der Waals surface area contributed by atoms with Crippen LogP contribution in [0.1, 0.15) is 53.4 Å². The molecule has 2 heteroatoms. The number of benzene rings is 4. The van der Waals surface area contributed by atoms with Crippen molar-refractivity contribution in [1.82, 2.24) is 9.55 Å². The average Bonchev–Trinajstić information content (AvgIpc) is 3.18. The number of hydrogen-bond acceptors (Lipinski definition) is 1. The van der Waals surface area contributed by atoms with Crippen LogP contribution in [0.15, 0.2) is 84.9 Å². The zero-order chi connectivity index (χ0) is 23.4. The Balaban J connectivity index is 2.00. The Morgan fingerprint density at radius 2 is 1.35 bits per heavy atom. The molecule has 1 aromatic heterocycles. The van der Waals surface area contributed by atoms with Crippen LogP contribution in [0.2, 0.25) is 0 Å². The van der Waals surface area contributed by atoms with E-state index in [9.17, 15) is 0 Å². The molecule has 0 aliphatic carbocycles. The fraction of sp³-hybridized carbons (Fsp3) is 0.207. The Bertz CT molecular complexity index is 1440. The van der Waals surface area contributed by atoms with E-state index in [1.165, 1.54) is 0 Å². The molecule has 0 spiro atoms. The van der Waals surface area contributed by atoms with Crippen LogP contribution in [-0.2, 0) is 0 Å². The largest absolute Gasteiger partial charge is 0.292 e. The number of imidazole rings is 1. The Morgan fingerprint density at radius 1 is 0.710 bits per heavy atom. The number of rotatable bonds is 4. The quantitative estimate of drug-likeness (QED) is 0.295. The molecule has 0 bridgehead atoms. The zero-order valence-electron chi connectivity index (χ0n) is 20.5. The third-order valence-electron chi connectivity index (χ3n) is 5.92. The van der Waals surface area contributed by atoms with Crippen molar-refractivity contribution in [3.63, 3.8) is 0 Å². The van der Waals surface area contributed by atoms with Crippen molar-refractivity contribution in [2.24, 2.45) is 0 Å². The van der Waals surface area contributed by atoms with E-state index in [0.717, 1.165) is 50.0 Å². The molecule has 2 nitrogen and oxygen atoms in total. The molecule has 0 fully saturated rings. The molecule has 0 saturated heterocycles. The summed E-state index contributed by atoms with van der Waals surface area (Å²) in [7, 11) is 0. The minimum Gasteiger partial charge on any atom is -0.292 e. The van der Waals surface area contributed by atoms with Crippen LogP contribution in [0, 0.1) is 0 Å². The molecule has 0 atom stereocenters. The molecule has 1 heterocycles. The molecule has 0 unspecified atom stereocenters. The van der Waals surface area contributed by atoms with Gasteiger partial charge >= 0.3 is 0 Å². The van der Waals surface area contributed by atoms with E-state index in [2.05, 4.69) is 41.0 Å². The van der Waals surface area contributed by atoms with Crippen LogP contribution in [0.5, 0.6) is 0 Å². The number of para-hydroxylation sites is 1. The lowest BCUT2D eigenvalue weighted by atomic mass is 9.92. The van der Waals surface area contributed by atoms with E-state index in [0.29, 0.717) is 0 Å². The van der Waals surface area contributed by atoms with Crippen molar-refractivity contribution in [3.05, 3.63) is 96.1 Å². The summed E-state index contributed by atoms with van der Waals surface area (Å²) in [6, 6.07) is 28.7. The van der Waals surface area contributed by atoms with Crippen molar-refractivity contribution in [3.8, 4) is 17.1 Å². The van der Waals surface area contributed by atoms with E-state index in [-0.39, 0.29) is 0 Å². The van der Waals surface area contributed by atoms with Gasteiger partial charge in [-0.1, -0.05) is 107 Å². The third-order valence-corrected chi connectivity index (χ3v) is 5.92. The Kier molecular flexibility index (Phi) is 4.30. The van der Waals surface area contributed by atoms with E-state index < -0.39 is 11.8 Å². The van der Waals surface area contributed by atoms with Gasteiger partial charge in [-0.15, -0.1) is 0 Å². The van der Waals surface area contributed by atoms with Gasteiger partial charge in [0.1, 0.15) is 5.82 Å². The van der Waals surface area contributed by atoms with E-state index in [4.69, 9.17) is 7.73 Å². The lowest BCUT2D eigenvalue weighted by Gasteiger charge is -2.22. The number of hydrogen-bond donors (Lipinski definition) is 0. The summed E-state index contributed by atoms with van der Waals surface area (Å²) in [6.45, 7) is 7.62. The summed E-state index contributed by atoms with van der Waals surface area (Å²) in [4.78, 5) is 5.17. The summed E-state index contributed by atoms with van der Waals surface area (Å²) in [5.74, 6) is -0.875. The molecule has 31 heavy (non-hydrogen) atoms. The van der Waals surface area contributed by atoms with Gasteiger partial charge in [0.05, 0.1) is 16.7 Å². The second-order valence-corrected chi connectivity index (χ2v) is 8.49. The first-order chi connectivity index (χ1) is 15.7. The lowest BCUT2D eigenvalue weighted by molar-refractivity contribution is 0.811. The first-order valence-electron chi connectivity index (χ1n) is 11.8. The number of fused-ring (bicyclic) bond motifs is 3. The maximum absolute atomic E-state index is 8.94. The van der Waals surface area contributed by atoms with Gasteiger partial charge in [-0.25, -0.2) is 4.98 Å². The minimum absolute atomic E-state index is 0.823. The molecular weight excluding hydrogens is 376 g/mol. The maximum Gasteiger partial charge on any atom is 0.145 e. The predicted octanol–water partition coefficient (Wildman–Crippen LogP) is 8.09. The van der Waals surface area contributed by atoms with Crippen LogP contribution in [-0.4, -0.2) is 9.55 Å². The lowest BCUT2D eigenvalue weighted by Crippen LogP contribution is -2.08. The highest BCUT2D eigenvalue weighted by atomic mass is 15.1. The topological polar surface area (TPSA) is 17.8 Å². The van der Waals surface area contributed by atoms with Crippen LogP contribution in [0.25, 0.3) is 38.9 Å². The first-order valence-corrected chi connectivity index (χ1v) is 10.8. The SMILES string of the molecule is [2H]C(C)(C)c1cccc(C([2H])(C)C)c1-n1c(-c2ccccc2)nc2c3ccccc3ccc21. The highest BCUT2D eigenvalue weighted by Gasteiger charge is 2.22. The fourth-order valence-electron chi connectivity index (χ4n) is 4.41. The van der Waals surface area contributed by atoms with Crippen LogP contribution >= 0.6 is 0 Å². The van der Waals surface area contributed by atoms with E-state index >= 15 is 0 Å². The summed E-state index contributed by atoms with van der Waals surface area (Å²) in [5.41, 5.74) is 5.56. The first kappa shape index (κ1) is 17.3. The summed E-state index contributed by atoms with van der Waals surface area (Å²) < 4.78 is 20.0. The van der Waals surface area contributed by atoms with Gasteiger partial charge in [0, 0.05) is 13.7 Å². The Labute approximate surface area is 187 Å². The molecule has 0 aliphatic rings. The Morgan fingerprint density at radius 3 is 2.03 bits per heavy atom. The van der Waals surface area contributed by atoms with Gasteiger partial charge in [0.2, 0.25) is 0 Å². The van der Waals surface area contributed by atoms with Crippen molar-refractivity contribution in [1.29, 1.82) is 0 Å². The molecule has 0 N–H and O–H groups in total. The Hall–Kier alpha value is -3.39. The van der Waals surface area contributed by atoms with Gasteiger partial charge < -0.3 is 0 Å². The van der Waals surface area contributed by atoms with Crippen LogP contribution in [0.3, 0.4) is 0 Å². The van der Waals surface area contributed by atoms with Gasteiger partial charge in [-0.2, -0.15) is 0 Å². The van der Waals surface area contributed by atoms with Gasteiger partial charge in [0.15, 0.2) is 0 Å². The highest BCUT2D eigenvalue weighted by molar-refractivity contribution is 6.06. The van der Waals surface area contributed by atoms with Crippen molar-refractivity contribution in [2.75, 3.05) is 0 Å². The zero-order valence-corrected chi connectivity index (χ0v) is 18.5. The second kappa shape index (κ2) is 7.70. The smallest absolute Gasteiger partial charge is 0.145 e. The number of aromatic nitrogens is 2. The molecular formula is C29H28N2. The molecule has 5 aromatic rings. The summed E-state index contributed by atoms with van der Waals surface area (Å²) in [6.07, 6.45) is 0. The third kappa shape index (κ3) is 3.23. The molecule has 5 rings (SSSR count).